The molecule has 3 N–H and O–H groups in total. The minimum Gasteiger partial charge on any atom is -0.396 e. The second-order valence-corrected chi connectivity index (χ2v) is 5.49. The molecule has 0 bridgehead atoms. The van der Waals surface area contributed by atoms with Crippen molar-refractivity contribution in [1.82, 2.24) is 10.6 Å². The number of carbonyl (C=O) groups is 1. The van der Waals surface area contributed by atoms with Crippen LogP contribution in [-0.2, 0) is 6.54 Å². The molecule has 1 atom stereocenters. The average Bonchev–Trinajstić information content (AvgIpc) is 2.64. The van der Waals surface area contributed by atoms with Crippen LogP contribution in [0.2, 0.25) is 0 Å². The summed E-state index contributed by atoms with van der Waals surface area (Å²) in [5, 5.41) is 23.6. The lowest BCUT2D eigenvalue weighted by molar-refractivity contribution is 0.237. The van der Waals surface area contributed by atoms with Crippen molar-refractivity contribution in [1.29, 1.82) is 5.26 Å². The maximum Gasteiger partial charge on any atom is 0.315 e. The predicted octanol–water partition coefficient (Wildman–Crippen LogP) is 2.52. The van der Waals surface area contributed by atoms with Crippen LogP contribution in [0.25, 0.3) is 0 Å². The van der Waals surface area contributed by atoms with Gasteiger partial charge >= 0.3 is 6.03 Å². The number of nitrogens with zero attached hydrogens (tertiary/aromatic N) is 1. The molecule has 2 aromatic carbocycles. The number of carbonyl (C=O) groups excluding carboxylic acids is 1. The Balaban J connectivity index is 1.81. The molecule has 124 valence electrons. The molecule has 0 heterocycles. The van der Waals surface area contributed by atoms with Crippen molar-refractivity contribution < 1.29 is 9.90 Å². The monoisotopic (exact) mass is 323 g/mol. The van der Waals surface area contributed by atoms with E-state index in [2.05, 4.69) is 16.7 Å². The minimum absolute atomic E-state index is 0.0775. The van der Waals surface area contributed by atoms with Crippen molar-refractivity contribution in [2.45, 2.75) is 18.9 Å². The second kappa shape index (κ2) is 9.33. The molecule has 24 heavy (non-hydrogen) atoms. The molecule has 2 amide bonds. The standard InChI is InChI=1S/C19H21N3O2/c20-12-15-6-8-16(9-7-15)13-21-19(24)22-14-18(10-11-23)17-4-2-1-3-5-17/h1-9,18,23H,10-11,13-14H2,(H2,21,22,24). The van der Waals surface area contributed by atoms with Gasteiger partial charge in [0.1, 0.15) is 0 Å². The van der Waals surface area contributed by atoms with Gasteiger partial charge in [0, 0.05) is 25.6 Å². The zero-order valence-electron chi connectivity index (χ0n) is 13.4. The Bertz CT molecular complexity index is 678. The average molecular weight is 323 g/mol. The van der Waals surface area contributed by atoms with Crippen LogP contribution in [0.15, 0.2) is 54.6 Å². The highest BCUT2D eigenvalue weighted by atomic mass is 16.3. The predicted molar refractivity (Wildman–Crippen MR) is 92.3 cm³/mol. The van der Waals surface area contributed by atoms with Crippen LogP contribution in [0.4, 0.5) is 4.79 Å². The van der Waals surface area contributed by atoms with E-state index in [9.17, 15) is 9.90 Å². The third-order valence-corrected chi connectivity index (χ3v) is 3.79. The van der Waals surface area contributed by atoms with Gasteiger partial charge in [-0.15, -0.1) is 0 Å². The molecule has 0 spiro atoms. The van der Waals surface area contributed by atoms with E-state index in [0.717, 1.165) is 11.1 Å². The summed E-state index contributed by atoms with van der Waals surface area (Å²) in [5.74, 6) is 0.0804. The first-order chi connectivity index (χ1) is 11.7. The molecule has 0 aliphatic carbocycles. The first-order valence-electron chi connectivity index (χ1n) is 7.89. The molecule has 1 unspecified atom stereocenters. The van der Waals surface area contributed by atoms with Gasteiger partial charge in [-0.1, -0.05) is 42.5 Å². The topological polar surface area (TPSA) is 85.2 Å². The van der Waals surface area contributed by atoms with Gasteiger partial charge in [-0.25, -0.2) is 4.79 Å². The van der Waals surface area contributed by atoms with Crippen molar-refractivity contribution in [2.75, 3.05) is 13.2 Å². The molecular weight excluding hydrogens is 302 g/mol. The number of hydrogen-bond acceptors (Lipinski definition) is 3. The van der Waals surface area contributed by atoms with Crippen LogP contribution in [-0.4, -0.2) is 24.3 Å². The van der Waals surface area contributed by atoms with Crippen LogP contribution in [0.5, 0.6) is 0 Å². The van der Waals surface area contributed by atoms with Crippen molar-refractivity contribution in [3.05, 3.63) is 71.3 Å². The van der Waals surface area contributed by atoms with Crippen molar-refractivity contribution in [3.8, 4) is 6.07 Å². The molecular formula is C19H21N3O2. The van der Waals surface area contributed by atoms with E-state index >= 15 is 0 Å². The molecule has 0 radical (unpaired) electrons. The fourth-order valence-electron chi connectivity index (χ4n) is 2.43. The molecule has 5 nitrogen and oxygen atoms in total. The van der Waals surface area contributed by atoms with Gasteiger partial charge in [0.2, 0.25) is 0 Å². The number of aliphatic hydroxyl groups is 1. The summed E-state index contributed by atoms with van der Waals surface area (Å²) in [6.07, 6.45) is 0.597. The summed E-state index contributed by atoms with van der Waals surface area (Å²) >= 11 is 0. The molecule has 0 saturated carbocycles. The summed E-state index contributed by atoms with van der Waals surface area (Å²) in [4.78, 5) is 11.9. The van der Waals surface area contributed by atoms with E-state index in [1.54, 1.807) is 12.1 Å². The number of nitriles is 1. The number of amides is 2. The first kappa shape index (κ1) is 17.5. The zero-order chi connectivity index (χ0) is 17.2. The summed E-state index contributed by atoms with van der Waals surface area (Å²) in [5.41, 5.74) is 2.62. The first-order valence-corrected chi connectivity index (χ1v) is 7.89. The van der Waals surface area contributed by atoms with Crippen LogP contribution in [0, 0.1) is 11.3 Å². The highest BCUT2D eigenvalue weighted by molar-refractivity contribution is 5.73. The van der Waals surface area contributed by atoms with E-state index in [4.69, 9.17) is 5.26 Å². The molecule has 5 heteroatoms. The number of nitrogens with one attached hydrogen (secondary N) is 2. The number of urea groups is 1. The molecule has 0 aliphatic heterocycles. The van der Waals surface area contributed by atoms with Gasteiger partial charge in [-0.3, -0.25) is 0 Å². The van der Waals surface area contributed by atoms with Gasteiger partial charge in [-0.05, 0) is 29.7 Å². The van der Waals surface area contributed by atoms with Crippen LogP contribution < -0.4 is 10.6 Å². The molecule has 2 rings (SSSR count). The number of aliphatic hydroxyl groups excluding tert-OH is 1. The van der Waals surface area contributed by atoms with E-state index in [1.807, 2.05) is 42.5 Å². The quantitative estimate of drug-likeness (QED) is 0.732. The van der Waals surface area contributed by atoms with Gasteiger partial charge in [0.05, 0.1) is 11.6 Å². The SMILES string of the molecule is N#Cc1ccc(CNC(=O)NCC(CCO)c2ccccc2)cc1. The number of benzene rings is 2. The third-order valence-electron chi connectivity index (χ3n) is 3.79. The zero-order valence-corrected chi connectivity index (χ0v) is 13.4. The molecule has 0 fully saturated rings. The highest BCUT2D eigenvalue weighted by Crippen LogP contribution is 2.18. The summed E-state index contributed by atoms with van der Waals surface area (Å²) in [7, 11) is 0. The van der Waals surface area contributed by atoms with Gasteiger partial charge in [-0.2, -0.15) is 5.26 Å². The lowest BCUT2D eigenvalue weighted by atomic mass is 9.96. The summed E-state index contributed by atoms with van der Waals surface area (Å²) < 4.78 is 0. The van der Waals surface area contributed by atoms with Crippen molar-refractivity contribution >= 4 is 6.03 Å². The molecule has 0 saturated heterocycles. The molecule has 0 aliphatic rings. The fourth-order valence-corrected chi connectivity index (χ4v) is 2.43. The fraction of sp³-hybridized carbons (Fsp3) is 0.263. The Morgan fingerprint density at radius 1 is 1.08 bits per heavy atom. The maximum absolute atomic E-state index is 11.9. The van der Waals surface area contributed by atoms with E-state index in [1.165, 1.54) is 0 Å². The lowest BCUT2D eigenvalue weighted by Gasteiger charge is -2.17. The van der Waals surface area contributed by atoms with Crippen LogP contribution in [0.1, 0.15) is 29.0 Å². The Kier molecular flexibility index (Phi) is 6.81. The van der Waals surface area contributed by atoms with Crippen LogP contribution in [0.3, 0.4) is 0 Å². The van der Waals surface area contributed by atoms with Crippen molar-refractivity contribution in [2.24, 2.45) is 0 Å². The normalized spacial score (nSPS) is 11.3. The second-order valence-electron chi connectivity index (χ2n) is 5.49. The van der Waals surface area contributed by atoms with E-state index in [0.29, 0.717) is 25.1 Å². The smallest absolute Gasteiger partial charge is 0.315 e. The van der Waals surface area contributed by atoms with Gasteiger partial charge < -0.3 is 15.7 Å². The lowest BCUT2D eigenvalue weighted by Crippen LogP contribution is -2.37. The summed E-state index contributed by atoms with van der Waals surface area (Å²) in [6, 6.07) is 18.7. The third kappa shape index (κ3) is 5.41. The van der Waals surface area contributed by atoms with Gasteiger partial charge in [0.15, 0.2) is 0 Å². The Morgan fingerprint density at radius 2 is 1.79 bits per heavy atom. The largest absolute Gasteiger partial charge is 0.396 e. The Hall–Kier alpha value is -2.84. The maximum atomic E-state index is 11.9. The summed E-state index contributed by atoms with van der Waals surface area (Å²) in [6.45, 7) is 0.936. The number of hydrogen-bond donors (Lipinski definition) is 3. The van der Waals surface area contributed by atoms with Crippen LogP contribution >= 0.6 is 0 Å². The number of rotatable bonds is 7. The van der Waals surface area contributed by atoms with E-state index in [-0.39, 0.29) is 18.6 Å². The van der Waals surface area contributed by atoms with E-state index < -0.39 is 0 Å². The Labute approximate surface area is 141 Å². The molecule has 0 aromatic heterocycles. The highest BCUT2D eigenvalue weighted by Gasteiger charge is 2.12. The van der Waals surface area contributed by atoms with Gasteiger partial charge in [0.25, 0.3) is 0 Å². The minimum atomic E-state index is -0.252. The molecule has 2 aromatic rings. The Morgan fingerprint density at radius 3 is 2.42 bits per heavy atom. The van der Waals surface area contributed by atoms with Crippen molar-refractivity contribution in [3.63, 3.8) is 0 Å².